The average Bonchev–Trinajstić information content (AvgIpc) is 1.63. The Morgan fingerprint density at radius 1 is 1.56 bits per heavy atom. The van der Waals surface area contributed by atoms with Crippen LogP contribution in [0.5, 0.6) is 0 Å². The van der Waals surface area contributed by atoms with Gasteiger partial charge < -0.3 is 5.11 Å². The van der Waals surface area contributed by atoms with Gasteiger partial charge in [0.1, 0.15) is 0 Å². The summed E-state index contributed by atoms with van der Waals surface area (Å²) in [6.07, 6.45) is 0.721. The number of aliphatic hydroxyl groups excluding tert-OH is 1. The van der Waals surface area contributed by atoms with Crippen molar-refractivity contribution in [3.05, 3.63) is 12.2 Å². The molecule has 0 saturated heterocycles. The highest BCUT2D eigenvalue weighted by molar-refractivity contribution is 4.90. The topological polar surface area (TPSA) is 20.2 Å². The van der Waals surface area contributed by atoms with Gasteiger partial charge in [0.2, 0.25) is 0 Å². The zero-order valence-corrected chi connectivity index (χ0v) is 6.52. The molecule has 0 amide bonds. The first-order valence-corrected chi connectivity index (χ1v) is 3.36. The molecule has 0 aliphatic rings. The zero-order valence-electron chi connectivity index (χ0n) is 6.52. The second-order valence-electron chi connectivity index (χ2n) is 2.88. The molecular formula is C8H16O. The van der Waals surface area contributed by atoms with E-state index in [2.05, 4.69) is 6.58 Å². The third kappa shape index (κ3) is 4.22. The molecule has 0 radical (unpaired) electrons. The van der Waals surface area contributed by atoms with Crippen LogP contribution in [0.15, 0.2) is 12.2 Å². The van der Waals surface area contributed by atoms with Crippen LogP contribution >= 0.6 is 0 Å². The Labute approximate surface area is 57.4 Å². The maximum absolute atomic E-state index is 9.03. The van der Waals surface area contributed by atoms with E-state index < -0.39 is 0 Å². The standard InChI is InChI=1S/C8H16O/c1-6(2)5-7(3)8(4)9/h7-9H,1,5H2,2-4H3/t7-,8-/m1/s1. The van der Waals surface area contributed by atoms with E-state index in [0.717, 1.165) is 12.0 Å². The van der Waals surface area contributed by atoms with Crippen LogP contribution in [0.1, 0.15) is 27.2 Å². The van der Waals surface area contributed by atoms with Crippen LogP contribution in [-0.4, -0.2) is 11.2 Å². The number of hydrogen-bond acceptors (Lipinski definition) is 1. The summed E-state index contributed by atoms with van der Waals surface area (Å²) in [6.45, 7) is 9.59. The van der Waals surface area contributed by atoms with Crippen LogP contribution in [0.3, 0.4) is 0 Å². The summed E-state index contributed by atoms with van der Waals surface area (Å²) in [7, 11) is 0. The second kappa shape index (κ2) is 3.67. The molecule has 0 aromatic carbocycles. The smallest absolute Gasteiger partial charge is 0.0540 e. The molecule has 0 spiro atoms. The summed E-state index contributed by atoms with van der Waals surface area (Å²) >= 11 is 0. The lowest BCUT2D eigenvalue weighted by Crippen LogP contribution is -2.12. The van der Waals surface area contributed by atoms with E-state index in [1.54, 1.807) is 0 Å². The van der Waals surface area contributed by atoms with Crippen molar-refractivity contribution in [1.29, 1.82) is 0 Å². The predicted octanol–water partition coefficient (Wildman–Crippen LogP) is 1.97. The first-order valence-electron chi connectivity index (χ1n) is 3.36. The van der Waals surface area contributed by atoms with Crippen LogP contribution in [-0.2, 0) is 0 Å². The third-order valence-electron chi connectivity index (χ3n) is 1.49. The maximum Gasteiger partial charge on any atom is 0.0540 e. The minimum atomic E-state index is -0.207. The van der Waals surface area contributed by atoms with Crippen molar-refractivity contribution in [2.75, 3.05) is 0 Å². The summed E-state index contributed by atoms with van der Waals surface area (Å²) < 4.78 is 0. The van der Waals surface area contributed by atoms with Crippen molar-refractivity contribution in [2.45, 2.75) is 33.3 Å². The van der Waals surface area contributed by atoms with E-state index >= 15 is 0 Å². The molecule has 54 valence electrons. The Morgan fingerprint density at radius 2 is 2.00 bits per heavy atom. The Kier molecular flexibility index (Phi) is 3.55. The molecule has 0 unspecified atom stereocenters. The van der Waals surface area contributed by atoms with E-state index in [1.165, 1.54) is 0 Å². The fourth-order valence-electron chi connectivity index (χ4n) is 0.720. The second-order valence-corrected chi connectivity index (χ2v) is 2.88. The zero-order chi connectivity index (χ0) is 7.44. The molecule has 1 nitrogen and oxygen atoms in total. The van der Waals surface area contributed by atoms with Crippen molar-refractivity contribution < 1.29 is 5.11 Å². The molecule has 0 saturated carbocycles. The predicted molar refractivity (Wildman–Crippen MR) is 40.3 cm³/mol. The molecule has 0 aromatic heterocycles. The van der Waals surface area contributed by atoms with Crippen molar-refractivity contribution in [1.82, 2.24) is 0 Å². The molecule has 1 heteroatoms. The Morgan fingerprint density at radius 3 is 2.11 bits per heavy atom. The van der Waals surface area contributed by atoms with Gasteiger partial charge in [0.25, 0.3) is 0 Å². The van der Waals surface area contributed by atoms with Crippen molar-refractivity contribution in [2.24, 2.45) is 5.92 Å². The summed E-state index contributed by atoms with van der Waals surface area (Å²) in [6, 6.07) is 0. The highest BCUT2D eigenvalue weighted by atomic mass is 16.3. The van der Waals surface area contributed by atoms with E-state index in [0.29, 0.717) is 5.92 Å². The van der Waals surface area contributed by atoms with Gasteiger partial charge >= 0.3 is 0 Å². The van der Waals surface area contributed by atoms with E-state index in [-0.39, 0.29) is 6.10 Å². The van der Waals surface area contributed by atoms with Gasteiger partial charge in [-0.05, 0) is 26.2 Å². The quantitative estimate of drug-likeness (QED) is 0.576. The molecule has 0 aromatic rings. The number of rotatable bonds is 3. The lowest BCUT2D eigenvalue weighted by atomic mass is 9.99. The summed E-state index contributed by atoms with van der Waals surface area (Å²) in [5, 5.41) is 9.03. The van der Waals surface area contributed by atoms with Crippen LogP contribution in [0, 0.1) is 5.92 Å². The van der Waals surface area contributed by atoms with E-state index in [1.807, 2.05) is 20.8 Å². The number of hydrogen-bond donors (Lipinski definition) is 1. The molecule has 0 aliphatic heterocycles. The average molecular weight is 128 g/mol. The minimum Gasteiger partial charge on any atom is -0.393 e. The molecule has 0 fully saturated rings. The molecule has 9 heavy (non-hydrogen) atoms. The van der Waals surface area contributed by atoms with Crippen LogP contribution in [0.2, 0.25) is 0 Å². The van der Waals surface area contributed by atoms with Crippen LogP contribution in [0.4, 0.5) is 0 Å². The van der Waals surface area contributed by atoms with Gasteiger partial charge in [0.15, 0.2) is 0 Å². The Bertz CT molecular complexity index is 94.7. The van der Waals surface area contributed by atoms with E-state index in [4.69, 9.17) is 5.11 Å². The lowest BCUT2D eigenvalue weighted by molar-refractivity contribution is 0.135. The SMILES string of the molecule is C=C(C)C[C@@H](C)[C@@H](C)O. The van der Waals surface area contributed by atoms with Gasteiger partial charge in [0.05, 0.1) is 6.10 Å². The molecular weight excluding hydrogens is 112 g/mol. The largest absolute Gasteiger partial charge is 0.393 e. The van der Waals surface area contributed by atoms with Gasteiger partial charge in [-0.25, -0.2) is 0 Å². The summed E-state index contributed by atoms with van der Waals surface area (Å²) in [5.41, 5.74) is 1.14. The number of aliphatic hydroxyl groups is 1. The fourth-order valence-corrected chi connectivity index (χ4v) is 0.720. The monoisotopic (exact) mass is 128 g/mol. The maximum atomic E-state index is 9.03. The van der Waals surface area contributed by atoms with Crippen LogP contribution < -0.4 is 0 Å². The van der Waals surface area contributed by atoms with Crippen LogP contribution in [0.25, 0.3) is 0 Å². The first kappa shape index (κ1) is 8.70. The minimum absolute atomic E-state index is 0.207. The van der Waals surface area contributed by atoms with Gasteiger partial charge in [0, 0.05) is 0 Å². The lowest BCUT2D eigenvalue weighted by Gasteiger charge is -2.13. The Hall–Kier alpha value is -0.300. The molecule has 0 heterocycles. The summed E-state index contributed by atoms with van der Waals surface area (Å²) in [4.78, 5) is 0. The highest BCUT2D eigenvalue weighted by Gasteiger charge is 2.07. The Balaban J connectivity index is 3.50. The molecule has 0 rings (SSSR count). The van der Waals surface area contributed by atoms with Gasteiger partial charge in [-0.15, -0.1) is 6.58 Å². The van der Waals surface area contributed by atoms with Gasteiger partial charge in [-0.1, -0.05) is 12.5 Å². The first-order chi connectivity index (χ1) is 4.04. The fraction of sp³-hybridized carbons (Fsp3) is 0.750. The number of allylic oxidation sites excluding steroid dienone is 1. The van der Waals surface area contributed by atoms with Gasteiger partial charge in [-0.3, -0.25) is 0 Å². The highest BCUT2D eigenvalue weighted by Crippen LogP contribution is 2.12. The normalized spacial score (nSPS) is 16.9. The van der Waals surface area contributed by atoms with Crippen molar-refractivity contribution in [3.63, 3.8) is 0 Å². The molecule has 1 N–H and O–H groups in total. The van der Waals surface area contributed by atoms with E-state index in [9.17, 15) is 0 Å². The molecule has 0 aliphatic carbocycles. The summed E-state index contributed by atoms with van der Waals surface area (Å²) in [5.74, 6) is 0.350. The van der Waals surface area contributed by atoms with Gasteiger partial charge in [-0.2, -0.15) is 0 Å². The van der Waals surface area contributed by atoms with Crippen molar-refractivity contribution in [3.8, 4) is 0 Å². The molecule has 0 bridgehead atoms. The third-order valence-corrected chi connectivity index (χ3v) is 1.49. The molecule has 2 atom stereocenters. The van der Waals surface area contributed by atoms with Crippen molar-refractivity contribution >= 4 is 0 Å².